The van der Waals surface area contributed by atoms with Crippen molar-refractivity contribution in [3.63, 3.8) is 0 Å². The number of hydrogen-bond donors (Lipinski definition) is 0. The number of halogens is 2. The van der Waals surface area contributed by atoms with Crippen LogP contribution in [0.15, 0.2) is 68.0 Å². The maximum Gasteiger partial charge on any atom is 0.338 e. The summed E-state index contributed by atoms with van der Waals surface area (Å²) in [6.07, 6.45) is 1.88. The van der Waals surface area contributed by atoms with Gasteiger partial charge in [0.05, 0.1) is 42.2 Å². The van der Waals surface area contributed by atoms with Crippen LogP contribution >= 0.6 is 38.9 Å². The van der Waals surface area contributed by atoms with E-state index in [0.717, 1.165) is 22.6 Å². The van der Waals surface area contributed by atoms with E-state index in [-0.39, 0.29) is 17.7 Å². The van der Waals surface area contributed by atoms with Gasteiger partial charge in [0.15, 0.2) is 16.3 Å². The third-order valence-corrected chi connectivity index (χ3v) is 9.16. The number of benzene rings is 2. The topological polar surface area (TPSA) is 84.1 Å². The summed E-state index contributed by atoms with van der Waals surface area (Å²) < 4.78 is 21.6. The van der Waals surface area contributed by atoms with Gasteiger partial charge in [-0.1, -0.05) is 38.9 Å². The molecule has 0 fully saturated rings. The summed E-state index contributed by atoms with van der Waals surface area (Å²) in [7, 11) is 1.55. The lowest BCUT2D eigenvalue weighted by Gasteiger charge is -2.26. The zero-order valence-corrected chi connectivity index (χ0v) is 27.8. The zero-order valence-electron chi connectivity index (χ0n) is 24.7. The van der Waals surface area contributed by atoms with Gasteiger partial charge in [0.25, 0.3) is 5.56 Å². The predicted octanol–water partition coefficient (Wildman–Crippen LogP) is 6.03. The number of hydrogen-bond acceptors (Lipinski definition) is 7. The molecule has 1 aliphatic rings. The first-order valence-corrected chi connectivity index (χ1v) is 15.7. The Morgan fingerprint density at radius 1 is 1.09 bits per heavy atom. The molecule has 0 saturated carbocycles. The van der Waals surface area contributed by atoms with E-state index < -0.39 is 12.0 Å². The van der Waals surface area contributed by atoms with Gasteiger partial charge in [0.2, 0.25) is 0 Å². The van der Waals surface area contributed by atoms with E-state index in [4.69, 9.17) is 30.8 Å². The average Bonchev–Trinajstić information content (AvgIpc) is 3.42. The Morgan fingerprint density at radius 3 is 2.47 bits per heavy atom. The number of allylic oxidation sites excluding steroid dienone is 1. The molecule has 2 aromatic heterocycles. The molecular formula is C32H31BrClN3O5S. The third-order valence-electron chi connectivity index (χ3n) is 7.24. The van der Waals surface area contributed by atoms with E-state index in [1.807, 2.05) is 57.2 Å². The number of fused-ring (bicyclic) bond motifs is 1. The molecule has 0 aliphatic carbocycles. The normalized spacial score (nSPS) is 14.9. The van der Waals surface area contributed by atoms with Gasteiger partial charge >= 0.3 is 5.97 Å². The molecule has 43 heavy (non-hydrogen) atoms. The second-order valence-corrected chi connectivity index (χ2v) is 12.2. The second kappa shape index (κ2) is 12.6. The number of rotatable bonds is 8. The zero-order chi connectivity index (χ0) is 31.0. The van der Waals surface area contributed by atoms with Gasteiger partial charge in [-0.3, -0.25) is 9.36 Å². The van der Waals surface area contributed by atoms with Gasteiger partial charge in [-0.05, 0) is 94.3 Å². The molecular weight excluding hydrogens is 654 g/mol. The first-order valence-electron chi connectivity index (χ1n) is 13.7. The molecule has 0 amide bonds. The Morgan fingerprint density at radius 2 is 1.81 bits per heavy atom. The summed E-state index contributed by atoms with van der Waals surface area (Å²) in [5.41, 5.74) is 5.02. The van der Waals surface area contributed by atoms with Crippen molar-refractivity contribution in [2.24, 2.45) is 4.99 Å². The fourth-order valence-electron chi connectivity index (χ4n) is 5.34. The van der Waals surface area contributed by atoms with E-state index in [0.29, 0.717) is 48.2 Å². The van der Waals surface area contributed by atoms with Crippen molar-refractivity contribution in [2.45, 2.75) is 40.7 Å². The number of carbonyl (C=O) groups is 1. The molecule has 4 aromatic rings. The molecule has 1 atom stereocenters. The van der Waals surface area contributed by atoms with E-state index in [2.05, 4.69) is 20.5 Å². The first kappa shape index (κ1) is 30.8. The van der Waals surface area contributed by atoms with Crippen LogP contribution in [0.5, 0.6) is 11.5 Å². The van der Waals surface area contributed by atoms with Gasteiger partial charge < -0.3 is 18.8 Å². The number of nitrogens with zero attached hydrogens (tertiary/aromatic N) is 3. The van der Waals surface area contributed by atoms with Crippen LogP contribution in [-0.2, 0) is 9.53 Å². The van der Waals surface area contributed by atoms with Gasteiger partial charge in [-0.15, -0.1) is 0 Å². The molecule has 11 heteroatoms. The second-order valence-electron chi connectivity index (χ2n) is 9.90. The molecule has 1 aliphatic heterocycles. The Hall–Kier alpha value is -3.60. The molecule has 0 radical (unpaired) electrons. The van der Waals surface area contributed by atoms with Crippen LogP contribution < -0.4 is 24.4 Å². The van der Waals surface area contributed by atoms with Crippen LogP contribution in [0.2, 0.25) is 5.02 Å². The summed E-state index contributed by atoms with van der Waals surface area (Å²) in [4.78, 5) is 32.7. The maximum atomic E-state index is 14.2. The molecule has 0 bridgehead atoms. The minimum absolute atomic E-state index is 0.184. The standard InChI is InChI=1S/C32H31BrClN3O5S/c1-7-41-26-16-24(33)23(15-25(26)40-6)29-28(31(39)42-8-2)18(4)35-32-37(29)30(38)27(43-32)14-20-13-17(3)36(19(20)5)22-11-9-21(34)10-12-22/h9-16,29H,7-8H2,1-6H3/b27-14+/t29-/m1/s1. The van der Waals surface area contributed by atoms with Crippen molar-refractivity contribution in [1.82, 2.24) is 9.13 Å². The van der Waals surface area contributed by atoms with Crippen LogP contribution in [0.25, 0.3) is 11.8 Å². The quantitative estimate of drug-likeness (QED) is 0.212. The number of methoxy groups -OCH3 is 1. The largest absolute Gasteiger partial charge is 0.493 e. The maximum absolute atomic E-state index is 14.2. The summed E-state index contributed by atoms with van der Waals surface area (Å²) in [6.45, 7) is 10.1. The highest BCUT2D eigenvalue weighted by atomic mass is 79.9. The molecule has 0 N–H and O–H groups in total. The Balaban J connectivity index is 1.72. The van der Waals surface area contributed by atoms with Crippen molar-refractivity contribution < 1.29 is 19.0 Å². The fourth-order valence-corrected chi connectivity index (χ4v) is 7.04. The van der Waals surface area contributed by atoms with E-state index in [1.165, 1.54) is 11.3 Å². The van der Waals surface area contributed by atoms with Gasteiger partial charge in [0.1, 0.15) is 0 Å². The highest BCUT2D eigenvalue weighted by Gasteiger charge is 2.35. The first-order chi connectivity index (χ1) is 20.6. The van der Waals surface area contributed by atoms with Crippen molar-refractivity contribution in [3.05, 3.63) is 105 Å². The summed E-state index contributed by atoms with van der Waals surface area (Å²) in [5.74, 6) is 0.492. The number of thiazole rings is 1. The minimum Gasteiger partial charge on any atom is -0.493 e. The monoisotopic (exact) mass is 683 g/mol. The number of esters is 1. The number of ether oxygens (including phenoxy) is 3. The lowest BCUT2D eigenvalue weighted by atomic mass is 9.95. The highest BCUT2D eigenvalue weighted by molar-refractivity contribution is 9.10. The smallest absolute Gasteiger partial charge is 0.338 e. The molecule has 3 heterocycles. The van der Waals surface area contributed by atoms with Crippen molar-refractivity contribution >= 4 is 50.9 Å². The highest BCUT2D eigenvalue weighted by Crippen LogP contribution is 2.41. The van der Waals surface area contributed by atoms with E-state index in [9.17, 15) is 9.59 Å². The molecule has 0 unspecified atom stereocenters. The lowest BCUT2D eigenvalue weighted by Crippen LogP contribution is -2.40. The van der Waals surface area contributed by atoms with Crippen molar-refractivity contribution in [3.8, 4) is 17.2 Å². The van der Waals surface area contributed by atoms with E-state index >= 15 is 0 Å². The summed E-state index contributed by atoms with van der Waals surface area (Å²) in [5, 5.41) is 0.663. The van der Waals surface area contributed by atoms with Crippen LogP contribution in [-0.4, -0.2) is 35.4 Å². The van der Waals surface area contributed by atoms with Crippen molar-refractivity contribution in [2.75, 3.05) is 20.3 Å². The Labute approximate surface area is 266 Å². The number of aromatic nitrogens is 2. The number of carbonyl (C=O) groups excluding carboxylic acids is 1. The molecule has 224 valence electrons. The van der Waals surface area contributed by atoms with Gasteiger partial charge in [-0.2, -0.15) is 0 Å². The molecule has 5 rings (SSSR count). The Bertz CT molecular complexity index is 1940. The van der Waals surface area contributed by atoms with Crippen LogP contribution in [0.1, 0.15) is 49.3 Å². The van der Waals surface area contributed by atoms with Crippen LogP contribution in [0.4, 0.5) is 0 Å². The van der Waals surface area contributed by atoms with Gasteiger partial charge in [0, 0.05) is 26.6 Å². The third kappa shape index (κ3) is 5.71. The van der Waals surface area contributed by atoms with Crippen LogP contribution in [0, 0.1) is 13.8 Å². The molecule has 0 spiro atoms. The molecule has 2 aromatic carbocycles. The SMILES string of the molecule is CCOC(=O)C1=C(C)N=c2s/c(=C/c3cc(C)n(-c4ccc(Cl)cc4)c3C)c(=O)n2[C@@H]1c1cc(OC)c(OCC)cc1Br. The van der Waals surface area contributed by atoms with Gasteiger partial charge in [-0.25, -0.2) is 9.79 Å². The summed E-state index contributed by atoms with van der Waals surface area (Å²) >= 11 is 11.1. The lowest BCUT2D eigenvalue weighted by molar-refractivity contribution is -0.139. The summed E-state index contributed by atoms with van der Waals surface area (Å²) in [6, 6.07) is 12.4. The number of aryl methyl sites for hydroxylation is 1. The minimum atomic E-state index is -0.807. The van der Waals surface area contributed by atoms with Crippen LogP contribution in [0.3, 0.4) is 0 Å². The molecule has 8 nitrogen and oxygen atoms in total. The fraction of sp³-hybridized carbons (Fsp3) is 0.281. The van der Waals surface area contributed by atoms with E-state index in [1.54, 1.807) is 37.7 Å². The predicted molar refractivity (Wildman–Crippen MR) is 173 cm³/mol. The average molecular weight is 685 g/mol. The Kier molecular flexibility index (Phi) is 9.01. The van der Waals surface area contributed by atoms with Crippen molar-refractivity contribution in [1.29, 1.82) is 0 Å². The molecule has 0 saturated heterocycles.